The topological polar surface area (TPSA) is 15.3 Å². The van der Waals surface area contributed by atoms with Crippen molar-refractivity contribution in [3.8, 4) is 0 Å². The molecule has 0 saturated carbocycles. The minimum atomic E-state index is -1.12. The van der Waals surface area contributed by atoms with Crippen molar-refractivity contribution in [1.29, 1.82) is 0 Å². The molecule has 2 heterocycles. The zero-order valence-corrected chi connectivity index (χ0v) is 13.6. The van der Waals surface area contributed by atoms with Gasteiger partial charge in [0.05, 0.1) is 0 Å². The Hall–Kier alpha value is -0.640. The van der Waals surface area contributed by atoms with Crippen LogP contribution in [0, 0.1) is 5.41 Å². The van der Waals surface area contributed by atoms with Crippen LogP contribution in [-0.4, -0.2) is 37.6 Å². The number of piperidine rings is 1. The van der Waals surface area contributed by atoms with Gasteiger partial charge in [-0.05, 0) is 36.8 Å². The molecule has 0 amide bonds. The van der Waals surface area contributed by atoms with Crippen molar-refractivity contribution in [2.45, 2.75) is 31.9 Å². The zero-order valence-electron chi connectivity index (χ0n) is 12.8. The summed E-state index contributed by atoms with van der Waals surface area (Å²) >= 11 is 0. The molecule has 0 radical (unpaired) electrons. The minimum absolute atomic E-state index is 0. The highest BCUT2D eigenvalue weighted by Gasteiger charge is 2.38. The molecular formula is C17H26ClFN2. The molecule has 118 valence electrons. The first-order valence-electron chi connectivity index (χ1n) is 7.77. The lowest BCUT2D eigenvalue weighted by Gasteiger charge is -2.40. The van der Waals surface area contributed by atoms with E-state index in [0.29, 0.717) is 18.3 Å². The Bertz CT molecular complexity index is 437. The molecule has 0 spiro atoms. The Morgan fingerprint density at radius 3 is 2.38 bits per heavy atom. The summed E-state index contributed by atoms with van der Waals surface area (Å²) in [5.74, 6) is 0. The molecule has 0 aliphatic carbocycles. The van der Waals surface area contributed by atoms with Crippen molar-refractivity contribution in [1.82, 2.24) is 10.2 Å². The number of nitrogens with zero attached hydrogens (tertiary/aromatic N) is 1. The standard InChI is InChI=1S/C17H25FN2.ClH/c1-16(7-10-19-13-16)14-20-11-8-17(18,9-12-20)15-5-3-2-4-6-15;/h2-6,19H,7-14H2,1H3;1H. The van der Waals surface area contributed by atoms with Gasteiger partial charge >= 0.3 is 0 Å². The fraction of sp³-hybridized carbons (Fsp3) is 0.647. The molecule has 1 aromatic carbocycles. The fourth-order valence-corrected chi connectivity index (χ4v) is 3.63. The van der Waals surface area contributed by atoms with Gasteiger partial charge in [-0.25, -0.2) is 4.39 Å². The van der Waals surface area contributed by atoms with E-state index in [0.717, 1.165) is 38.3 Å². The van der Waals surface area contributed by atoms with E-state index in [9.17, 15) is 0 Å². The summed E-state index contributed by atoms with van der Waals surface area (Å²) in [6.45, 7) is 7.43. The molecule has 1 unspecified atom stereocenters. The predicted octanol–water partition coefficient (Wildman–Crippen LogP) is 3.37. The number of likely N-dealkylation sites (tertiary alicyclic amines) is 1. The maximum Gasteiger partial charge on any atom is 0.138 e. The number of rotatable bonds is 3. The van der Waals surface area contributed by atoms with Crippen LogP contribution in [0.3, 0.4) is 0 Å². The normalized spacial score (nSPS) is 29.0. The van der Waals surface area contributed by atoms with E-state index in [1.165, 1.54) is 6.42 Å². The van der Waals surface area contributed by atoms with Crippen molar-refractivity contribution in [3.05, 3.63) is 35.9 Å². The molecule has 2 fully saturated rings. The third-order valence-corrected chi connectivity index (χ3v) is 5.00. The molecule has 2 aliphatic heterocycles. The number of benzene rings is 1. The highest BCUT2D eigenvalue weighted by atomic mass is 35.5. The molecule has 0 aromatic heterocycles. The van der Waals surface area contributed by atoms with Gasteiger partial charge < -0.3 is 10.2 Å². The summed E-state index contributed by atoms with van der Waals surface area (Å²) < 4.78 is 15.0. The molecule has 2 saturated heterocycles. The van der Waals surface area contributed by atoms with E-state index >= 15 is 4.39 Å². The minimum Gasteiger partial charge on any atom is -0.316 e. The molecule has 4 heteroatoms. The molecule has 21 heavy (non-hydrogen) atoms. The summed E-state index contributed by atoms with van der Waals surface area (Å²) in [7, 11) is 0. The van der Waals surface area contributed by atoms with Crippen molar-refractivity contribution in [2.24, 2.45) is 5.41 Å². The maximum atomic E-state index is 15.0. The first kappa shape index (κ1) is 16.7. The Labute approximate surface area is 133 Å². The highest BCUT2D eigenvalue weighted by molar-refractivity contribution is 5.85. The molecule has 1 atom stereocenters. The smallest absolute Gasteiger partial charge is 0.138 e. The van der Waals surface area contributed by atoms with Crippen LogP contribution in [-0.2, 0) is 5.67 Å². The molecule has 2 aliphatic rings. The summed E-state index contributed by atoms with van der Waals surface area (Å²) in [6.07, 6.45) is 2.49. The Kier molecular flexibility index (Phi) is 5.29. The number of halogens is 2. The average molecular weight is 313 g/mol. The number of hydrogen-bond acceptors (Lipinski definition) is 2. The van der Waals surface area contributed by atoms with Gasteiger partial charge in [-0.15, -0.1) is 12.4 Å². The SMILES string of the molecule is CC1(CN2CCC(F)(c3ccccc3)CC2)CCNC1.Cl. The molecule has 3 rings (SSSR count). The van der Waals surface area contributed by atoms with Crippen molar-refractivity contribution in [3.63, 3.8) is 0 Å². The molecular weight excluding hydrogens is 287 g/mol. The second kappa shape index (κ2) is 6.64. The van der Waals surface area contributed by atoms with E-state index in [4.69, 9.17) is 0 Å². The van der Waals surface area contributed by atoms with E-state index in [2.05, 4.69) is 17.1 Å². The van der Waals surface area contributed by atoms with Crippen LogP contribution in [0.1, 0.15) is 31.7 Å². The van der Waals surface area contributed by atoms with Crippen LogP contribution in [0.2, 0.25) is 0 Å². The van der Waals surface area contributed by atoms with Crippen LogP contribution in [0.25, 0.3) is 0 Å². The lowest BCUT2D eigenvalue weighted by molar-refractivity contribution is 0.0393. The van der Waals surface area contributed by atoms with Gasteiger partial charge in [0, 0.05) is 26.2 Å². The number of hydrogen-bond donors (Lipinski definition) is 1. The van der Waals surface area contributed by atoms with E-state index in [-0.39, 0.29) is 12.4 Å². The van der Waals surface area contributed by atoms with Crippen LogP contribution in [0.4, 0.5) is 4.39 Å². The molecule has 0 bridgehead atoms. The van der Waals surface area contributed by atoms with Crippen molar-refractivity contribution in [2.75, 3.05) is 32.7 Å². The Morgan fingerprint density at radius 1 is 1.14 bits per heavy atom. The quantitative estimate of drug-likeness (QED) is 0.920. The van der Waals surface area contributed by atoms with Crippen LogP contribution >= 0.6 is 12.4 Å². The number of alkyl halides is 1. The van der Waals surface area contributed by atoms with Gasteiger partial charge in [0.1, 0.15) is 5.67 Å². The molecule has 2 nitrogen and oxygen atoms in total. The largest absolute Gasteiger partial charge is 0.316 e. The molecule has 1 aromatic rings. The second-order valence-corrected chi connectivity index (χ2v) is 6.84. The molecule has 1 N–H and O–H groups in total. The van der Waals surface area contributed by atoms with Crippen LogP contribution in [0.15, 0.2) is 30.3 Å². The fourth-order valence-electron chi connectivity index (χ4n) is 3.63. The maximum absolute atomic E-state index is 15.0. The highest BCUT2D eigenvalue weighted by Crippen LogP contribution is 2.38. The predicted molar refractivity (Wildman–Crippen MR) is 87.7 cm³/mol. The van der Waals surface area contributed by atoms with Gasteiger partial charge in [-0.3, -0.25) is 0 Å². The van der Waals surface area contributed by atoms with Gasteiger partial charge in [0.15, 0.2) is 0 Å². The third-order valence-electron chi connectivity index (χ3n) is 5.00. The third kappa shape index (κ3) is 3.77. The van der Waals surface area contributed by atoms with Gasteiger partial charge in [0.2, 0.25) is 0 Å². The lowest BCUT2D eigenvalue weighted by atomic mass is 9.84. The van der Waals surface area contributed by atoms with E-state index < -0.39 is 5.67 Å². The zero-order chi connectivity index (χ0) is 14.1. The van der Waals surface area contributed by atoms with E-state index in [1.54, 1.807) is 0 Å². The number of nitrogens with one attached hydrogen (secondary N) is 1. The summed E-state index contributed by atoms with van der Waals surface area (Å²) in [4.78, 5) is 2.45. The van der Waals surface area contributed by atoms with Crippen LogP contribution < -0.4 is 5.32 Å². The van der Waals surface area contributed by atoms with Gasteiger partial charge in [0.25, 0.3) is 0 Å². The van der Waals surface area contributed by atoms with Crippen molar-refractivity contribution < 1.29 is 4.39 Å². The average Bonchev–Trinajstić information content (AvgIpc) is 2.89. The first-order valence-corrected chi connectivity index (χ1v) is 7.77. The summed E-state index contributed by atoms with van der Waals surface area (Å²) in [5.41, 5.74) is 0.115. The monoisotopic (exact) mass is 312 g/mol. The Balaban J connectivity index is 0.00000161. The Morgan fingerprint density at radius 2 is 1.81 bits per heavy atom. The lowest BCUT2D eigenvalue weighted by Crippen LogP contribution is -2.45. The van der Waals surface area contributed by atoms with E-state index in [1.807, 2.05) is 30.3 Å². The second-order valence-electron chi connectivity index (χ2n) is 6.84. The first-order chi connectivity index (χ1) is 9.60. The van der Waals surface area contributed by atoms with Gasteiger partial charge in [-0.1, -0.05) is 37.3 Å². The van der Waals surface area contributed by atoms with Crippen molar-refractivity contribution >= 4 is 12.4 Å². The van der Waals surface area contributed by atoms with Crippen LogP contribution in [0.5, 0.6) is 0 Å². The summed E-state index contributed by atoms with van der Waals surface area (Å²) in [5, 5.41) is 3.44. The van der Waals surface area contributed by atoms with Gasteiger partial charge in [-0.2, -0.15) is 0 Å². The summed E-state index contributed by atoms with van der Waals surface area (Å²) in [6, 6.07) is 9.69.